The van der Waals surface area contributed by atoms with Gasteiger partial charge in [-0.1, -0.05) is 13.8 Å². The Morgan fingerprint density at radius 1 is 0.760 bits per heavy atom. The highest BCUT2D eigenvalue weighted by Crippen LogP contribution is 2.51. The van der Waals surface area contributed by atoms with Gasteiger partial charge in [0.05, 0.1) is 44.1 Å². The third kappa shape index (κ3) is 6.66. The van der Waals surface area contributed by atoms with Crippen molar-refractivity contribution in [3.05, 3.63) is 33.5 Å². The van der Waals surface area contributed by atoms with Gasteiger partial charge in [-0.3, -0.25) is 0 Å². The number of rotatable bonds is 7. The van der Waals surface area contributed by atoms with Crippen LogP contribution in [0.4, 0.5) is 0 Å². The van der Waals surface area contributed by atoms with E-state index in [9.17, 15) is 0 Å². The SMILES string of the molecule is CN(C)C1CCC(Oc2ncnc3sc4c(c23)C(C)(C)CC4)CC1.C[NH+](C)C1CCC(Oc2ncnc3sc4c(c23)[C@@H](C2COC2)CC4)CC1. The first-order chi connectivity index (χ1) is 24.2. The van der Waals surface area contributed by atoms with Gasteiger partial charge in [0.2, 0.25) is 11.8 Å². The largest absolute Gasteiger partial charge is 0.474 e. The van der Waals surface area contributed by atoms with Gasteiger partial charge in [-0.15, -0.1) is 22.7 Å². The van der Waals surface area contributed by atoms with Gasteiger partial charge in [-0.25, -0.2) is 19.9 Å². The Morgan fingerprint density at radius 2 is 1.36 bits per heavy atom. The van der Waals surface area contributed by atoms with Crippen LogP contribution in [0.3, 0.4) is 0 Å². The molecule has 9 nitrogen and oxygen atoms in total. The Bertz CT molecular complexity index is 1800. The number of aromatic nitrogens is 4. The number of thiophene rings is 2. The van der Waals surface area contributed by atoms with Gasteiger partial charge in [-0.05, 0) is 101 Å². The molecule has 0 unspecified atom stereocenters. The van der Waals surface area contributed by atoms with Crippen LogP contribution in [0.2, 0.25) is 0 Å². The average molecular weight is 720 g/mol. The van der Waals surface area contributed by atoms with Crippen molar-refractivity contribution >= 4 is 43.1 Å². The van der Waals surface area contributed by atoms with E-state index >= 15 is 0 Å². The van der Waals surface area contributed by atoms with E-state index in [1.807, 2.05) is 22.7 Å². The number of fused-ring (bicyclic) bond motifs is 6. The second-order valence-electron chi connectivity index (χ2n) is 16.6. The highest BCUT2D eigenvalue weighted by atomic mass is 32.1. The van der Waals surface area contributed by atoms with E-state index in [0.717, 1.165) is 72.8 Å². The predicted molar refractivity (Wildman–Crippen MR) is 201 cm³/mol. The Balaban J connectivity index is 0.000000145. The van der Waals surface area contributed by atoms with Crippen LogP contribution in [-0.2, 0) is 23.0 Å². The summed E-state index contributed by atoms with van der Waals surface area (Å²) in [5, 5.41) is 2.40. The summed E-state index contributed by atoms with van der Waals surface area (Å²) in [5.74, 6) is 2.93. The lowest BCUT2D eigenvalue weighted by molar-refractivity contribution is -0.887. The smallest absolute Gasteiger partial charge is 0.225 e. The van der Waals surface area contributed by atoms with Crippen LogP contribution in [0, 0.1) is 5.92 Å². The predicted octanol–water partition coefficient (Wildman–Crippen LogP) is 6.37. The minimum atomic E-state index is 0.207. The lowest BCUT2D eigenvalue weighted by atomic mass is 9.86. The molecule has 50 heavy (non-hydrogen) atoms. The molecule has 0 amide bonds. The molecule has 4 aromatic heterocycles. The first kappa shape index (κ1) is 34.6. The molecule has 9 rings (SSSR count). The summed E-state index contributed by atoms with van der Waals surface area (Å²) in [6.45, 7) is 6.48. The monoisotopic (exact) mass is 719 g/mol. The number of quaternary nitrogens is 1. The fourth-order valence-corrected chi connectivity index (χ4v) is 11.8. The third-order valence-electron chi connectivity index (χ3n) is 12.5. The van der Waals surface area contributed by atoms with Crippen LogP contribution in [0.15, 0.2) is 12.7 Å². The number of aryl methyl sites for hydroxylation is 2. The average Bonchev–Trinajstić information content (AvgIpc) is 3.83. The van der Waals surface area contributed by atoms with E-state index < -0.39 is 0 Å². The minimum Gasteiger partial charge on any atom is -0.474 e. The fraction of sp³-hybridized carbons (Fsp3) is 0.692. The maximum absolute atomic E-state index is 6.48. The zero-order valence-electron chi connectivity index (χ0n) is 30.8. The molecule has 0 radical (unpaired) electrons. The maximum atomic E-state index is 6.48. The van der Waals surface area contributed by atoms with Gasteiger partial charge in [0.15, 0.2) is 0 Å². The molecule has 1 atom stereocenters. The van der Waals surface area contributed by atoms with E-state index in [0.29, 0.717) is 30.1 Å². The molecule has 11 heteroatoms. The Labute approximate surface area is 305 Å². The van der Waals surface area contributed by atoms with Gasteiger partial charge in [0.25, 0.3) is 0 Å². The van der Waals surface area contributed by atoms with Crippen molar-refractivity contribution in [1.82, 2.24) is 24.8 Å². The molecule has 0 aromatic carbocycles. The van der Waals surface area contributed by atoms with Crippen LogP contribution in [0.1, 0.15) is 105 Å². The van der Waals surface area contributed by atoms with Crippen LogP contribution in [0.25, 0.3) is 20.4 Å². The van der Waals surface area contributed by atoms with Crippen LogP contribution < -0.4 is 14.4 Å². The highest BCUT2D eigenvalue weighted by molar-refractivity contribution is 7.19. The van der Waals surface area contributed by atoms with Gasteiger partial charge >= 0.3 is 0 Å². The third-order valence-corrected chi connectivity index (χ3v) is 14.8. The zero-order chi connectivity index (χ0) is 34.6. The van der Waals surface area contributed by atoms with E-state index in [1.54, 1.807) is 17.6 Å². The number of ether oxygens (including phenoxy) is 3. The summed E-state index contributed by atoms with van der Waals surface area (Å²) >= 11 is 3.68. The van der Waals surface area contributed by atoms with E-state index in [-0.39, 0.29) is 5.41 Å². The second-order valence-corrected chi connectivity index (χ2v) is 18.7. The Kier molecular flexibility index (Phi) is 9.82. The van der Waals surface area contributed by atoms with Crippen molar-refractivity contribution < 1.29 is 19.1 Å². The first-order valence-corrected chi connectivity index (χ1v) is 20.7. The molecule has 4 aliphatic carbocycles. The minimum absolute atomic E-state index is 0.207. The molecule has 4 aromatic rings. The zero-order valence-corrected chi connectivity index (χ0v) is 32.4. The molecule has 3 fully saturated rings. The molecule has 270 valence electrons. The van der Waals surface area contributed by atoms with Crippen molar-refractivity contribution in [3.63, 3.8) is 0 Å². The van der Waals surface area contributed by atoms with Gasteiger partial charge < -0.3 is 24.0 Å². The summed E-state index contributed by atoms with van der Waals surface area (Å²) in [6, 6.07) is 1.47. The molecule has 0 spiro atoms. The summed E-state index contributed by atoms with van der Waals surface area (Å²) in [5.41, 5.74) is 3.14. The molecule has 2 saturated carbocycles. The van der Waals surface area contributed by atoms with Crippen molar-refractivity contribution in [2.75, 3.05) is 41.4 Å². The fourth-order valence-electron chi connectivity index (χ4n) is 9.27. The Morgan fingerprint density at radius 3 is 1.96 bits per heavy atom. The highest BCUT2D eigenvalue weighted by Gasteiger charge is 2.39. The lowest BCUT2D eigenvalue weighted by Gasteiger charge is -2.32. The maximum Gasteiger partial charge on any atom is 0.225 e. The molecule has 5 heterocycles. The van der Waals surface area contributed by atoms with Gasteiger partial charge in [-0.2, -0.15) is 0 Å². The van der Waals surface area contributed by atoms with Crippen LogP contribution in [0.5, 0.6) is 11.8 Å². The van der Waals surface area contributed by atoms with Crippen molar-refractivity contribution in [3.8, 4) is 11.8 Å². The number of nitrogens with zero attached hydrogens (tertiary/aromatic N) is 5. The number of hydrogen-bond acceptors (Lipinski definition) is 10. The van der Waals surface area contributed by atoms with Crippen LogP contribution >= 0.6 is 22.7 Å². The van der Waals surface area contributed by atoms with Gasteiger partial charge in [0.1, 0.15) is 34.5 Å². The molecule has 1 aliphatic heterocycles. The van der Waals surface area contributed by atoms with Gasteiger partial charge in [0, 0.05) is 34.6 Å². The van der Waals surface area contributed by atoms with E-state index in [4.69, 9.17) is 14.2 Å². The molecule has 5 aliphatic rings. The summed E-state index contributed by atoms with van der Waals surface area (Å²) in [7, 11) is 8.88. The molecular formula is C39H55N6O3S2+. The molecular weight excluding hydrogens is 665 g/mol. The standard InChI is InChI=1S/C20H27N3O2S.C19H27N3OS/c1-23(2)13-3-5-14(6-4-13)25-19-18-17-15(12-9-24-10-12)7-8-16(17)26-20(18)22-11-21-19;1-19(2)10-9-14-16(19)15-17(20-11-21-18(15)24-14)23-13-7-5-12(6-8-13)22(3)4/h11-15H,3-10H2,1-2H3;11-13H,5-10H2,1-4H3/p+1/t13?,14?,15-;/m1./s1. The van der Waals surface area contributed by atoms with Crippen LogP contribution in [-0.4, -0.2) is 90.5 Å². The summed E-state index contributed by atoms with van der Waals surface area (Å²) in [6.07, 6.45) is 18.1. The summed E-state index contributed by atoms with van der Waals surface area (Å²) in [4.78, 5) is 27.3. The topological polar surface area (TPSA) is 86.9 Å². The number of hydrogen-bond donors (Lipinski definition) is 1. The van der Waals surface area contributed by atoms with E-state index in [1.165, 1.54) is 76.6 Å². The second kappa shape index (κ2) is 14.2. The van der Waals surface area contributed by atoms with E-state index in [2.05, 4.69) is 66.9 Å². The lowest BCUT2D eigenvalue weighted by Crippen LogP contribution is -3.10. The quantitative estimate of drug-likeness (QED) is 0.236. The normalized spacial score (nSPS) is 27.6. The molecule has 0 bridgehead atoms. The molecule has 1 N–H and O–H groups in total. The van der Waals surface area contributed by atoms with Crippen molar-refractivity contribution in [1.29, 1.82) is 0 Å². The first-order valence-electron chi connectivity index (χ1n) is 19.1. The van der Waals surface area contributed by atoms with Crippen molar-refractivity contribution in [2.45, 2.75) is 127 Å². The Hall–Kier alpha value is -2.44. The number of nitrogens with one attached hydrogen (secondary N) is 1. The summed E-state index contributed by atoms with van der Waals surface area (Å²) < 4.78 is 18.4. The molecule has 1 saturated heterocycles. The van der Waals surface area contributed by atoms with Crippen molar-refractivity contribution in [2.24, 2.45) is 5.92 Å².